The van der Waals surface area contributed by atoms with Crippen LogP contribution < -0.4 is 5.56 Å². The molecule has 0 atom stereocenters. The molecule has 5 heteroatoms. The molecule has 2 aromatic rings. The summed E-state index contributed by atoms with van der Waals surface area (Å²) in [6, 6.07) is 7.78. The quantitative estimate of drug-likeness (QED) is 0.875. The van der Waals surface area contributed by atoms with E-state index in [1.165, 1.54) is 12.1 Å². The first kappa shape index (κ1) is 12.4. The van der Waals surface area contributed by atoms with Crippen molar-refractivity contribution in [3.05, 3.63) is 57.0 Å². The van der Waals surface area contributed by atoms with Crippen molar-refractivity contribution in [2.45, 2.75) is 6.92 Å². The fourth-order valence-electron chi connectivity index (χ4n) is 1.77. The van der Waals surface area contributed by atoms with E-state index >= 15 is 0 Å². The number of aromatic nitrogens is 1. The van der Waals surface area contributed by atoms with Crippen molar-refractivity contribution in [3.8, 4) is 11.1 Å². The van der Waals surface area contributed by atoms with Crippen LogP contribution in [0.2, 0.25) is 5.02 Å². The highest BCUT2D eigenvalue weighted by Gasteiger charge is 2.14. The third-order valence-corrected chi connectivity index (χ3v) is 3.04. The molecule has 0 aliphatic heterocycles. The summed E-state index contributed by atoms with van der Waals surface area (Å²) >= 11 is 6.08. The van der Waals surface area contributed by atoms with Crippen LogP contribution in [-0.2, 0) is 0 Å². The predicted octanol–water partition coefficient (Wildman–Crippen LogP) is 2.70. The number of hydrogen-bond donors (Lipinski definition) is 2. The molecular weight excluding hydrogens is 254 g/mol. The zero-order valence-corrected chi connectivity index (χ0v) is 10.3. The maximum absolute atomic E-state index is 11.2. The maximum Gasteiger partial charge on any atom is 0.337 e. The fraction of sp³-hybridized carbons (Fsp3) is 0.0769. The van der Waals surface area contributed by atoms with Crippen molar-refractivity contribution in [2.24, 2.45) is 0 Å². The van der Waals surface area contributed by atoms with E-state index in [4.69, 9.17) is 16.7 Å². The van der Waals surface area contributed by atoms with Gasteiger partial charge in [0.1, 0.15) is 0 Å². The Bertz CT molecular complexity index is 676. The van der Waals surface area contributed by atoms with Gasteiger partial charge in [0.25, 0.3) is 0 Å². The van der Waals surface area contributed by atoms with Crippen molar-refractivity contribution >= 4 is 17.6 Å². The number of carboxylic acid groups (broad SMARTS) is 1. The van der Waals surface area contributed by atoms with Crippen molar-refractivity contribution in [1.29, 1.82) is 0 Å². The highest BCUT2D eigenvalue weighted by molar-refractivity contribution is 6.36. The summed E-state index contributed by atoms with van der Waals surface area (Å²) in [6.07, 6.45) is 0. The second-order valence-electron chi connectivity index (χ2n) is 3.83. The Balaban J connectivity index is 2.68. The Morgan fingerprint density at radius 3 is 2.56 bits per heavy atom. The molecule has 1 aromatic carbocycles. The summed E-state index contributed by atoms with van der Waals surface area (Å²) in [5, 5.41) is 9.17. The van der Waals surface area contributed by atoms with Crippen LogP contribution in [0, 0.1) is 6.92 Å². The fourth-order valence-corrected chi connectivity index (χ4v) is 2.08. The number of carbonyl (C=O) groups is 1. The van der Waals surface area contributed by atoms with Crippen LogP contribution in [0.4, 0.5) is 0 Å². The summed E-state index contributed by atoms with van der Waals surface area (Å²) < 4.78 is 0. The zero-order chi connectivity index (χ0) is 13.3. The van der Waals surface area contributed by atoms with Crippen molar-refractivity contribution in [3.63, 3.8) is 0 Å². The van der Waals surface area contributed by atoms with Crippen LogP contribution in [0.1, 0.15) is 16.1 Å². The first-order valence-electron chi connectivity index (χ1n) is 5.23. The minimum absolute atomic E-state index is 0.0415. The topological polar surface area (TPSA) is 70.2 Å². The average molecular weight is 264 g/mol. The molecule has 2 rings (SSSR count). The van der Waals surface area contributed by atoms with Crippen LogP contribution in [0.15, 0.2) is 35.1 Å². The van der Waals surface area contributed by atoms with Crippen molar-refractivity contribution in [1.82, 2.24) is 4.98 Å². The van der Waals surface area contributed by atoms with Gasteiger partial charge in [-0.2, -0.15) is 0 Å². The molecule has 1 heterocycles. The van der Waals surface area contributed by atoms with Crippen LogP contribution >= 0.6 is 11.6 Å². The molecule has 0 aliphatic rings. The summed E-state index contributed by atoms with van der Waals surface area (Å²) in [5.41, 5.74) is 1.78. The number of benzene rings is 1. The molecule has 0 amide bonds. The summed E-state index contributed by atoms with van der Waals surface area (Å²) in [4.78, 5) is 24.8. The SMILES string of the molecule is Cc1[nH]c(=O)ccc1-c1cccc(C(=O)O)c1Cl. The highest BCUT2D eigenvalue weighted by atomic mass is 35.5. The van der Waals surface area contributed by atoms with E-state index in [-0.39, 0.29) is 16.1 Å². The Morgan fingerprint density at radius 1 is 1.22 bits per heavy atom. The highest BCUT2D eigenvalue weighted by Crippen LogP contribution is 2.31. The molecule has 0 radical (unpaired) electrons. The van der Waals surface area contributed by atoms with Gasteiger partial charge in [-0.25, -0.2) is 4.79 Å². The van der Waals surface area contributed by atoms with Gasteiger partial charge in [-0.3, -0.25) is 4.79 Å². The number of hydrogen-bond acceptors (Lipinski definition) is 2. The minimum atomic E-state index is -1.08. The Labute approximate surface area is 108 Å². The molecule has 0 saturated heterocycles. The normalized spacial score (nSPS) is 10.3. The third kappa shape index (κ3) is 2.15. The van der Waals surface area contributed by atoms with E-state index in [9.17, 15) is 9.59 Å². The number of halogens is 1. The second-order valence-corrected chi connectivity index (χ2v) is 4.21. The number of nitrogens with one attached hydrogen (secondary N) is 1. The average Bonchev–Trinajstić information content (AvgIpc) is 2.30. The van der Waals surface area contributed by atoms with Gasteiger partial charge in [0.2, 0.25) is 5.56 Å². The molecule has 0 spiro atoms. The first-order chi connectivity index (χ1) is 8.50. The molecule has 2 N–H and O–H groups in total. The van der Waals surface area contributed by atoms with E-state index in [1.54, 1.807) is 25.1 Å². The van der Waals surface area contributed by atoms with Gasteiger partial charge >= 0.3 is 5.97 Å². The lowest BCUT2D eigenvalue weighted by Gasteiger charge is -2.09. The molecule has 0 fully saturated rings. The Morgan fingerprint density at radius 2 is 1.94 bits per heavy atom. The van der Waals surface area contributed by atoms with Crippen molar-refractivity contribution in [2.75, 3.05) is 0 Å². The molecule has 4 nitrogen and oxygen atoms in total. The number of aromatic carboxylic acids is 1. The molecule has 0 bridgehead atoms. The van der Waals surface area contributed by atoms with E-state index in [0.717, 1.165) is 0 Å². The van der Waals surface area contributed by atoms with Gasteiger partial charge in [0.05, 0.1) is 10.6 Å². The molecule has 18 heavy (non-hydrogen) atoms. The van der Waals surface area contributed by atoms with E-state index in [0.29, 0.717) is 16.8 Å². The predicted molar refractivity (Wildman–Crippen MR) is 69.2 cm³/mol. The first-order valence-corrected chi connectivity index (χ1v) is 5.60. The smallest absolute Gasteiger partial charge is 0.337 e. The van der Waals surface area contributed by atoms with Crippen LogP contribution in [0.5, 0.6) is 0 Å². The lowest BCUT2D eigenvalue weighted by Crippen LogP contribution is -2.06. The number of H-pyrrole nitrogens is 1. The van der Waals surface area contributed by atoms with Gasteiger partial charge in [-0.15, -0.1) is 0 Å². The molecule has 0 unspecified atom stereocenters. The summed E-state index contributed by atoms with van der Waals surface area (Å²) in [5.74, 6) is -1.08. The number of aryl methyl sites for hydroxylation is 1. The summed E-state index contributed by atoms with van der Waals surface area (Å²) in [7, 11) is 0. The monoisotopic (exact) mass is 263 g/mol. The number of aromatic amines is 1. The zero-order valence-electron chi connectivity index (χ0n) is 9.53. The van der Waals surface area contributed by atoms with E-state index in [1.807, 2.05) is 0 Å². The second kappa shape index (κ2) is 4.66. The Kier molecular flexibility index (Phi) is 3.21. The van der Waals surface area contributed by atoms with Crippen molar-refractivity contribution < 1.29 is 9.90 Å². The van der Waals surface area contributed by atoms with E-state index < -0.39 is 5.97 Å². The molecular formula is C13H10ClNO3. The molecule has 1 aromatic heterocycles. The largest absolute Gasteiger partial charge is 0.478 e. The standard InChI is InChI=1S/C13H10ClNO3/c1-7-8(5-6-11(16)15-7)9-3-2-4-10(12(9)14)13(17)18/h2-6H,1H3,(H,15,16)(H,17,18). The number of carboxylic acids is 1. The molecule has 0 aliphatic carbocycles. The maximum atomic E-state index is 11.2. The molecule has 0 saturated carbocycles. The van der Waals surface area contributed by atoms with Gasteiger partial charge in [-0.1, -0.05) is 23.7 Å². The van der Waals surface area contributed by atoms with Crippen LogP contribution in [0.3, 0.4) is 0 Å². The Hall–Kier alpha value is -2.07. The summed E-state index contributed by atoms with van der Waals surface area (Å²) in [6.45, 7) is 1.74. The lowest BCUT2D eigenvalue weighted by atomic mass is 10.0. The van der Waals surface area contributed by atoms with Gasteiger partial charge in [-0.05, 0) is 19.1 Å². The van der Waals surface area contributed by atoms with Crippen LogP contribution in [-0.4, -0.2) is 16.1 Å². The number of rotatable bonds is 2. The molecule has 92 valence electrons. The van der Waals surface area contributed by atoms with Crippen LogP contribution in [0.25, 0.3) is 11.1 Å². The minimum Gasteiger partial charge on any atom is -0.478 e. The third-order valence-electron chi connectivity index (χ3n) is 2.64. The van der Waals surface area contributed by atoms with Gasteiger partial charge < -0.3 is 10.1 Å². The number of pyridine rings is 1. The van der Waals surface area contributed by atoms with Gasteiger partial charge in [0.15, 0.2) is 0 Å². The lowest BCUT2D eigenvalue weighted by molar-refractivity contribution is 0.0697. The van der Waals surface area contributed by atoms with Gasteiger partial charge in [0, 0.05) is 22.9 Å². The van der Waals surface area contributed by atoms with E-state index in [2.05, 4.69) is 4.98 Å².